The summed E-state index contributed by atoms with van der Waals surface area (Å²) in [5, 5.41) is 8.09. The van der Waals surface area contributed by atoms with Crippen LogP contribution in [0.2, 0.25) is 0 Å². The summed E-state index contributed by atoms with van der Waals surface area (Å²) in [6.45, 7) is 0. The van der Waals surface area contributed by atoms with Gasteiger partial charge in [-0.3, -0.25) is 14.9 Å². The number of carbonyl (C=O) groups excluding carboxylic acids is 2. The summed E-state index contributed by atoms with van der Waals surface area (Å²) in [6.07, 6.45) is 2.37. The monoisotopic (exact) mass is 313 g/mol. The van der Waals surface area contributed by atoms with Crippen LogP contribution in [0.1, 0.15) is 12.8 Å². The largest absolute Gasteiger partial charge is 0.357 e. The molecule has 0 aliphatic carbocycles. The zero-order chi connectivity index (χ0) is 13.1. The van der Waals surface area contributed by atoms with Crippen molar-refractivity contribution in [3.63, 3.8) is 0 Å². The molecule has 2 heterocycles. The van der Waals surface area contributed by atoms with Crippen molar-refractivity contribution in [3.8, 4) is 0 Å². The second-order valence-electron chi connectivity index (χ2n) is 3.79. The number of aromatic nitrogens is 2. The fourth-order valence-electron chi connectivity index (χ4n) is 1.59. The summed E-state index contributed by atoms with van der Waals surface area (Å²) in [5.41, 5.74) is 0. The Balaban J connectivity index is 2.13. The minimum atomic E-state index is -0.460. The number of piperidine rings is 1. The van der Waals surface area contributed by atoms with Crippen LogP contribution in [0.5, 0.6) is 0 Å². The first-order valence-electron chi connectivity index (χ1n) is 5.40. The van der Waals surface area contributed by atoms with Gasteiger partial charge in [0.15, 0.2) is 0 Å². The summed E-state index contributed by atoms with van der Waals surface area (Å²) in [5.74, 6) is 0.398. The van der Waals surface area contributed by atoms with Crippen molar-refractivity contribution < 1.29 is 9.59 Å². The predicted molar refractivity (Wildman–Crippen MR) is 69.1 cm³/mol. The van der Waals surface area contributed by atoms with Gasteiger partial charge in [-0.05, 0) is 22.4 Å². The van der Waals surface area contributed by atoms with Crippen molar-refractivity contribution in [2.45, 2.75) is 18.9 Å². The molecule has 1 aliphatic rings. The molecule has 1 saturated heterocycles. The Morgan fingerprint density at radius 1 is 1.50 bits per heavy atom. The second-order valence-corrected chi connectivity index (χ2v) is 4.64. The molecule has 0 spiro atoms. The standard InChI is InChI=1S/C10H12BrN5O2/c1-12-10-13-4-5(11)8(16-10)14-6-2-3-7(17)15-9(6)18/h4,6H,2-3H2,1H3,(H,15,17,18)(H2,12,13,14,16). The van der Waals surface area contributed by atoms with Gasteiger partial charge in [-0.15, -0.1) is 0 Å². The van der Waals surface area contributed by atoms with E-state index in [2.05, 4.69) is 41.8 Å². The third-order valence-electron chi connectivity index (χ3n) is 2.52. The van der Waals surface area contributed by atoms with Gasteiger partial charge >= 0.3 is 0 Å². The van der Waals surface area contributed by atoms with Crippen LogP contribution in [-0.2, 0) is 9.59 Å². The van der Waals surface area contributed by atoms with E-state index < -0.39 is 6.04 Å². The molecule has 8 heteroatoms. The van der Waals surface area contributed by atoms with E-state index in [1.54, 1.807) is 13.2 Å². The van der Waals surface area contributed by atoms with E-state index in [1.165, 1.54) is 0 Å². The maximum Gasteiger partial charge on any atom is 0.249 e. The molecule has 1 aromatic heterocycles. The molecule has 1 unspecified atom stereocenters. The molecule has 96 valence electrons. The summed E-state index contributed by atoms with van der Waals surface area (Å²) < 4.78 is 0.659. The lowest BCUT2D eigenvalue weighted by Crippen LogP contribution is -2.47. The molecule has 7 nitrogen and oxygen atoms in total. The maximum atomic E-state index is 11.6. The van der Waals surface area contributed by atoms with E-state index in [-0.39, 0.29) is 11.8 Å². The quantitative estimate of drug-likeness (QED) is 0.703. The zero-order valence-electron chi connectivity index (χ0n) is 9.66. The number of carbonyl (C=O) groups is 2. The van der Waals surface area contributed by atoms with Crippen molar-refractivity contribution in [1.82, 2.24) is 15.3 Å². The molecule has 1 atom stereocenters. The van der Waals surface area contributed by atoms with Crippen LogP contribution >= 0.6 is 15.9 Å². The van der Waals surface area contributed by atoms with Crippen LogP contribution in [-0.4, -0.2) is 34.9 Å². The molecular weight excluding hydrogens is 302 g/mol. The molecule has 0 aromatic carbocycles. The van der Waals surface area contributed by atoms with Gasteiger partial charge in [0, 0.05) is 19.7 Å². The van der Waals surface area contributed by atoms with Crippen molar-refractivity contribution in [1.29, 1.82) is 0 Å². The first-order chi connectivity index (χ1) is 8.60. The van der Waals surface area contributed by atoms with Gasteiger partial charge in [-0.2, -0.15) is 4.98 Å². The van der Waals surface area contributed by atoms with Crippen LogP contribution < -0.4 is 16.0 Å². The highest BCUT2D eigenvalue weighted by atomic mass is 79.9. The minimum absolute atomic E-state index is 0.240. The average molecular weight is 314 g/mol. The van der Waals surface area contributed by atoms with Crippen LogP contribution in [0, 0.1) is 0 Å². The number of halogens is 1. The normalized spacial score (nSPS) is 19.3. The number of hydrogen-bond acceptors (Lipinski definition) is 6. The number of nitrogens with zero attached hydrogens (tertiary/aromatic N) is 2. The highest BCUT2D eigenvalue weighted by Crippen LogP contribution is 2.22. The predicted octanol–water partition coefficient (Wildman–Crippen LogP) is 0.498. The van der Waals surface area contributed by atoms with Gasteiger partial charge in [0.1, 0.15) is 11.9 Å². The zero-order valence-corrected chi connectivity index (χ0v) is 11.2. The molecule has 0 saturated carbocycles. The molecular formula is C10H12BrN5O2. The van der Waals surface area contributed by atoms with E-state index in [0.29, 0.717) is 29.1 Å². The van der Waals surface area contributed by atoms with E-state index in [1.807, 2.05) is 0 Å². The Bertz CT molecular complexity index is 493. The molecule has 3 N–H and O–H groups in total. The fourth-order valence-corrected chi connectivity index (χ4v) is 1.89. The molecule has 18 heavy (non-hydrogen) atoms. The van der Waals surface area contributed by atoms with Gasteiger partial charge < -0.3 is 10.6 Å². The van der Waals surface area contributed by atoms with Crippen LogP contribution in [0.15, 0.2) is 10.7 Å². The SMILES string of the molecule is CNc1ncc(Br)c(NC2CCC(=O)NC2=O)n1. The minimum Gasteiger partial charge on any atom is -0.357 e. The van der Waals surface area contributed by atoms with Gasteiger partial charge in [0.25, 0.3) is 0 Å². The lowest BCUT2D eigenvalue weighted by molar-refractivity contribution is -0.133. The van der Waals surface area contributed by atoms with Crippen molar-refractivity contribution in [3.05, 3.63) is 10.7 Å². The number of imide groups is 1. The number of nitrogens with one attached hydrogen (secondary N) is 3. The second kappa shape index (κ2) is 5.30. The highest BCUT2D eigenvalue weighted by Gasteiger charge is 2.27. The van der Waals surface area contributed by atoms with Gasteiger partial charge in [-0.1, -0.05) is 0 Å². The van der Waals surface area contributed by atoms with Crippen molar-refractivity contribution in [2.75, 3.05) is 17.7 Å². The number of anilines is 2. The highest BCUT2D eigenvalue weighted by molar-refractivity contribution is 9.10. The molecule has 0 bridgehead atoms. The first-order valence-corrected chi connectivity index (χ1v) is 6.20. The van der Waals surface area contributed by atoms with E-state index >= 15 is 0 Å². The molecule has 2 rings (SSSR count). The Morgan fingerprint density at radius 2 is 2.28 bits per heavy atom. The maximum absolute atomic E-state index is 11.6. The average Bonchev–Trinajstić information content (AvgIpc) is 2.35. The van der Waals surface area contributed by atoms with Gasteiger partial charge in [0.05, 0.1) is 4.47 Å². The summed E-state index contributed by atoms with van der Waals surface area (Å²) in [7, 11) is 1.71. The molecule has 1 aliphatic heterocycles. The number of hydrogen-bond donors (Lipinski definition) is 3. The van der Waals surface area contributed by atoms with Crippen molar-refractivity contribution >= 4 is 39.5 Å². The van der Waals surface area contributed by atoms with Crippen LogP contribution in [0.4, 0.5) is 11.8 Å². The van der Waals surface area contributed by atoms with E-state index in [9.17, 15) is 9.59 Å². The topological polar surface area (TPSA) is 96.0 Å². The Morgan fingerprint density at radius 3 is 2.94 bits per heavy atom. The van der Waals surface area contributed by atoms with Gasteiger partial charge in [0.2, 0.25) is 17.8 Å². The Kier molecular flexibility index (Phi) is 3.75. The lowest BCUT2D eigenvalue weighted by atomic mass is 10.1. The van der Waals surface area contributed by atoms with Crippen LogP contribution in [0.25, 0.3) is 0 Å². The third-order valence-corrected chi connectivity index (χ3v) is 3.10. The van der Waals surface area contributed by atoms with Gasteiger partial charge in [-0.25, -0.2) is 4.98 Å². The lowest BCUT2D eigenvalue weighted by Gasteiger charge is -2.22. The molecule has 1 aromatic rings. The summed E-state index contributed by atoms with van der Waals surface area (Å²) >= 11 is 3.30. The third kappa shape index (κ3) is 2.76. The smallest absolute Gasteiger partial charge is 0.249 e. The van der Waals surface area contributed by atoms with Crippen molar-refractivity contribution in [2.24, 2.45) is 0 Å². The summed E-state index contributed by atoms with van der Waals surface area (Å²) in [4.78, 5) is 30.9. The van der Waals surface area contributed by atoms with E-state index in [4.69, 9.17) is 0 Å². The van der Waals surface area contributed by atoms with Crippen LogP contribution in [0.3, 0.4) is 0 Å². The summed E-state index contributed by atoms with van der Waals surface area (Å²) in [6, 6.07) is -0.460. The first kappa shape index (κ1) is 12.7. The number of rotatable bonds is 3. The molecule has 2 amide bonds. The Hall–Kier alpha value is -1.70. The van der Waals surface area contributed by atoms with E-state index in [0.717, 1.165) is 0 Å². The Labute approximate surface area is 112 Å². The fraction of sp³-hybridized carbons (Fsp3) is 0.400. The molecule has 0 radical (unpaired) electrons. The molecule has 1 fully saturated rings. The number of amides is 2.